The van der Waals surface area contributed by atoms with Crippen LogP contribution in [0.15, 0.2) is 28.7 Å². The zero-order chi connectivity index (χ0) is 11.7. The minimum absolute atomic E-state index is 0.701. The van der Waals surface area contributed by atoms with E-state index in [-0.39, 0.29) is 0 Å². The number of anilines is 1. The fourth-order valence-corrected chi connectivity index (χ4v) is 2.23. The van der Waals surface area contributed by atoms with E-state index in [1.54, 1.807) is 0 Å². The molecule has 16 heavy (non-hydrogen) atoms. The van der Waals surface area contributed by atoms with E-state index in [1.165, 1.54) is 0 Å². The van der Waals surface area contributed by atoms with Crippen LogP contribution in [0.1, 0.15) is 17.0 Å². The van der Waals surface area contributed by atoms with E-state index < -0.39 is 0 Å². The molecule has 0 amide bonds. The quantitative estimate of drug-likeness (QED) is 0.860. The van der Waals surface area contributed by atoms with Crippen molar-refractivity contribution in [3.63, 3.8) is 0 Å². The second kappa shape index (κ2) is 4.29. The van der Waals surface area contributed by atoms with Crippen LogP contribution in [0.2, 0.25) is 0 Å². The van der Waals surface area contributed by atoms with Gasteiger partial charge in [-0.25, -0.2) is 0 Å². The van der Waals surface area contributed by atoms with Crippen molar-refractivity contribution in [3.05, 3.63) is 45.7 Å². The fraction of sp³-hybridized carbons (Fsp3) is 0.250. The van der Waals surface area contributed by atoms with Crippen molar-refractivity contribution in [1.29, 1.82) is 0 Å². The van der Waals surface area contributed by atoms with Crippen LogP contribution in [0.25, 0.3) is 0 Å². The first-order valence-electron chi connectivity index (χ1n) is 5.12. The van der Waals surface area contributed by atoms with Crippen LogP contribution in [-0.2, 0) is 6.54 Å². The zero-order valence-electron chi connectivity index (χ0n) is 9.37. The number of aryl methyl sites for hydroxylation is 2. The average molecular weight is 280 g/mol. The molecule has 0 bridgehead atoms. The molecule has 0 spiro atoms. The van der Waals surface area contributed by atoms with Gasteiger partial charge in [0.05, 0.1) is 12.2 Å². The maximum atomic E-state index is 5.95. The van der Waals surface area contributed by atoms with Gasteiger partial charge in [-0.1, -0.05) is 22.0 Å². The molecule has 2 N–H and O–H groups in total. The molecule has 1 aromatic carbocycles. The first-order valence-corrected chi connectivity index (χ1v) is 5.91. The van der Waals surface area contributed by atoms with E-state index in [0.717, 1.165) is 27.1 Å². The van der Waals surface area contributed by atoms with Gasteiger partial charge in [0.15, 0.2) is 0 Å². The smallest absolute Gasteiger partial charge is 0.0693 e. The van der Waals surface area contributed by atoms with Gasteiger partial charge in [-0.3, -0.25) is 4.68 Å². The molecule has 2 rings (SSSR count). The van der Waals surface area contributed by atoms with Crippen LogP contribution in [-0.4, -0.2) is 9.78 Å². The van der Waals surface area contributed by atoms with Crippen LogP contribution in [0.3, 0.4) is 0 Å². The lowest BCUT2D eigenvalue weighted by atomic mass is 10.2. The van der Waals surface area contributed by atoms with Gasteiger partial charge in [-0.05, 0) is 32.0 Å². The molecule has 3 nitrogen and oxygen atoms in total. The highest BCUT2D eigenvalue weighted by Gasteiger charge is 2.07. The van der Waals surface area contributed by atoms with Crippen molar-refractivity contribution in [2.24, 2.45) is 0 Å². The molecular formula is C12H14BrN3. The second-order valence-electron chi connectivity index (χ2n) is 3.89. The number of rotatable bonds is 2. The number of hydrogen-bond acceptors (Lipinski definition) is 2. The van der Waals surface area contributed by atoms with E-state index in [4.69, 9.17) is 5.73 Å². The normalized spacial score (nSPS) is 10.7. The van der Waals surface area contributed by atoms with Crippen molar-refractivity contribution in [2.75, 3.05) is 5.73 Å². The molecule has 0 fully saturated rings. The standard InChI is InChI=1S/C12H14BrN3/c1-8-6-9(2)16(15-8)7-10-11(13)4-3-5-12(10)14/h3-6H,7,14H2,1-2H3. The number of benzene rings is 1. The van der Waals surface area contributed by atoms with Gasteiger partial charge in [-0.2, -0.15) is 5.10 Å². The summed E-state index contributed by atoms with van der Waals surface area (Å²) in [6.07, 6.45) is 0. The number of hydrogen-bond donors (Lipinski definition) is 1. The van der Waals surface area contributed by atoms with Crippen molar-refractivity contribution < 1.29 is 0 Å². The van der Waals surface area contributed by atoms with Gasteiger partial charge in [0.25, 0.3) is 0 Å². The monoisotopic (exact) mass is 279 g/mol. The molecule has 0 aliphatic rings. The number of nitrogens with two attached hydrogens (primary N) is 1. The van der Waals surface area contributed by atoms with Gasteiger partial charge >= 0.3 is 0 Å². The maximum Gasteiger partial charge on any atom is 0.0693 e. The summed E-state index contributed by atoms with van der Waals surface area (Å²) in [6.45, 7) is 4.74. The zero-order valence-corrected chi connectivity index (χ0v) is 11.0. The third kappa shape index (κ3) is 2.11. The fourth-order valence-electron chi connectivity index (χ4n) is 1.73. The Balaban J connectivity index is 2.37. The van der Waals surface area contributed by atoms with Crippen LogP contribution in [0.4, 0.5) is 5.69 Å². The molecule has 0 aliphatic carbocycles. The summed E-state index contributed by atoms with van der Waals surface area (Å²) in [5.74, 6) is 0. The third-order valence-corrected chi connectivity index (χ3v) is 3.31. The summed E-state index contributed by atoms with van der Waals surface area (Å²) in [6, 6.07) is 7.90. The Bertz CT molecular complexity index is 497. The topological polar surface area (TPSA) is 43.8 Å². The summed E-state index contributed by atoms with van der Waals surface area (Å²) < 4.78 is 2.99. The predicted molar refractivity (Wildman–Crippen MR) is 69.4 cm³/mol. The molecule has 84 valence electrons. The number of halogens is 1. The number of aromatic nitrogens is 2. The SMILES string of the molecule is Cc1cc(C)n(Cc2c(N)cccc2Br)n1. The van der Waals surface area contributed by atoms with E-state index >= 15 is 0 Å². The Labute approximate surface area is 103 Å². The largest absolute Gasteiger partial charge is 0.398 e. The second-order valence-corrected chi connectivity index (χ2v) is 4.75. The van der Waals surface area contributed by atoms with Crippen molar-refractivity contribution in [2.45, 2.75) is 20.4 Å². The molecule has 1 aromatic heterocycles. The Morgan fingerprint density at radius 2 is 2.12 bits per heavy atom. The van der Waals surface area contributed by atoms with Gasteiger partial charge in [0, 0.05) is 21.4 Å². The number of nitrogen functional groups attached to an aromatic ring is 1. The van der Waals surface area contributed by atoms with Crippen LogP contribution in [0.5, 0.6) is 0 Å². The van der Waals surface area contributed by atoms with Crippen LogP contribution in [0, 0.1) is 13.8 Å². The lowest BCUT2D eigenvalue weighted by molar-refractivity contribution is 0.658. The van der Waals surface area contributed by atoms with E-state index in [9.17, 15) is 0 Å². The molecule has 0 saturated carbocycles. The molecule has 4 heteroatoms. The van der Waals surface area contributed by atoms with Crippen LogP contribution < -0.4 is 5.73 Å². The molecule has 0 saturated heterocycles. The Morgan fingerprint density at radius 1 is 1.38 bits per heavy atom. The lowest BCUT2D eigenvalue weighted by Crippen LogP contribution is -2.07. The summed E-state index contributed by atoms with van der Waals surface area (Å²) in [7, 11) is 0. The van der Waals surface area contributed by atoms with Crippen molar-refractivity contribution in [1.82, 2.24) is 9.78 Å². The van der Waals surface area contributed by atoms with Crippen molar-refractivity contribution in [3.8, 4) is 0 Å². The highest BCUT2D eigenvalue weighted by atomic mass is 79.9. The summed E-state index contributed by atoms with van der Waals surface area (Å²) in [5, 5.41) is 4.43. The van der Waals surface area contributed by atoms with Gasteiger partial charge in [0.1, 0.15) is 0 Å². The minimum Gasteiger partial charge on any atom is -0.398 e. The molecule has 0 radical (unpaired) electrons. The van der Waals surface area contributed by atoms with Gasteiger partial charge in [0.2, 0.25) is 0 Å². The lowest BCUT2D eigenvalue weighted by Gasteiger charge is -2.09. The van der Waals surface area contributed by atoms with E-state index in [0.29, 0.717) is 6.54 Å². The molecule has 0 unspecified atom stereocenters. The third-order valence-electron chi connectivity index (χ3n) is 2.57. The summed E-state index contributed by atoms with van der Waals surface area (Å²) in [4.78, 5) is 0. The van der Waals surface area contributed by atoms with Gasteiger partial charge in [-0.15, -0.1) is 0 Å². The first-order chi connectivity index (χ1) is 7.58. The van der Waals surface area contributed by atoms with Gasteiger partial charge < -0.3 is 5.73 Å². The Morgan fingerprint density at radius 3 is 2.69 bits per heavy atom. The van der Waals surface area contributed by atoms with E-state index in [1.807, 2.05) is 36.7 Å². The highest BCUT2D eigenvalue weighted by Crippen LogP contribution is 2.23. The first kappa shape index (κ1) is 11.2. The molecule has 0 aliphatic heterocycles. The molecule has 0 atom stereocenters. The number of nitrogens with zero attached hydrogens (tertiary/aromatic N) is 2. The average Bonchev–Trinajstić information content (AvgIpc) is 2.51. The minimum atomic E-state index is 0.701. The van der Waals surface area contributed by atoms with E-state index in [2.05, 4.69) is 27.1 Å². The molecule has 2 aromatic rings. The molecular weight excluding hydrogens is 266 g/mol. The van der Waals surface area contributed by atoms with Crippen LogP contribution >= 0.6 is 15.9 Å². The van der Waals surface area contributed by atoms with Crippen molar-refractivity contribution >= 4 is 21.6 Å². The highest BCUT2D eigenvalue weighted by molar-refractivity contribution is 9.10. The molecule has 1 heterocycles. The maximum absolute atomic E-state index is 5.95. The summed E-state index contributed by atoms with van der Waals surface area (Å²) >= 11 is 3.51. The summed E-state index contributed by atoms with van der Waals surface area (Å²) in [5.41, 5.74) is 10.0. The Kier molecular flexibility index (Phi) is 3.01. The Hall–Kier alpha value is -1.29. The predicted octanol–water partition coefficient (Wildman–Crippen LogP) is 2.89.